The van der Waals surface area contributed by atoms with Gasteiger partial charge in [-0.3, -0.25) is 9.48 Å². The fraction of sp³-hybridized carbons (Fsp3) is 0.579. The average Bonchev–Trinajstić information content (AvgIpc) is 3.05. The molecular formula is C19H24F3N7O. The van der Waals surface area contributed by atoms with Crippen molar-refractivity contribution in [2.75, 3.05) is 10.6 Å². The zero-order valence-corrected chi connectivity index (χ0v) is 16.9. The number of nitrogens with one attached hydrogen (secondary N) is 2. The molecule has 1 amide bonds. The van der Waals surface area contributed by atoms with Gasteiger partial charge in [-0.15, -0.1) is 0 Å². The Labute approximate surface area is 171 Å². The number of fused-ring (bicyclic) bond motifs is 2. The average molecular weight is 423 g/mol. The van der Waals surface area contributed by atoms with E-state index in [4.69, 9.17) is 5.73 Å². The Balaban J connectivity index is 1.68. The Morgan fingerprint density at radius 1 is 1.30 bits per heavy atom. The van der Waals surface area contributed by atoms with Crippen molar-refractivity contribution < 1.29 is 18.0 Å². The predicted octanol–water partition coefficient (Wildman–Crippen LogP) is 2.92. The number of hydrogen-bond donors (Lipinski definition) is 3. The first-order valence-electron chi connectivity index (χ1n) is 9.72. The fourth-order valence-corrected chi connectivity index (χ4v) is 4.83. The molecule has 0 aromatic carbocycles. The van der Waals surface area contributed by atoms with Crippen LogP contribution < -0.4 is 16.4 Å². The summed E-state index contributed by atoms with van der Waals surface area (Å²) in [5.74, 6) is -1.05. The summed E-state index contributed by atoms with van der Waals surface area (Å²) < 4.78 is 42.4. The van der Waals surface area contributed by atoms with E-state index in [2.05, 4.69) is 39.5 Å². The number of aryl methyl sites for hydroxylation is 1. The van der Waals surface area contributed by atoms with Gasteiger partial charge in [-0.05, 0) is 30.1 Å². The monoisotopic (exact) mass is 423 g/mol. The van der Waals surface area contributed by atoms with Crippen LogP contribution in [0.1, 0.15) is 32.3 Å². The van der Waals surface area contributed by atoms with Gasteiger partial charge in [-0.1, -0.05) is 13.8 Å². The van der Waals surface area contributed by atoms with E-state index >= 15 is 0 Å². The molecule has 4 N–H and O–H groups in total. The lowest BCUT2D eigenvalue weighted by Crippen LogP contribution is -2.63. The number of carbonyl (C=O) groups is 1. The molecule has 2 bridgehead atoms. The lowest BCUT2D eigenvalue weighted by Gasteiger charge is -2.62. The summed E-state index contributed by atoms with van der Waals surface area (Å²) in [5, 5.41) is 9.77. The standard InChI is InChI=1S/C19H24F3N7O/c1-18(2)9-4-11(15(23)30)14(12(18)5-9)27-16-13(19(20,21)22)7-24-17(28-16)26-10-6-25-29(3)8-10/h6-9,11-12,14H,4-5H2,1-3H3,(H2,23,30)(H2,24,26,27,28)/t9-,11-,12-,14-/m0/s1. The third-order valence-corrected chi connectivity index (χ3v) is 6.68. The minimum Gasteiger partial charge on any atom is -0.369 e. The summed E-state index contributed by atoms with van der Waals surface area (Å²) in [4.78, 5) is 19.9. The van der Waals surface area contributed by atoms with Gasteiger partial charge in [0.15, 0.2) is 0 Å². The van der Waals surface area contributed by atoms with Crippen molar-refractivity contribution >= 4 is 23.4 Å². The quantitative estimate of drug-likeness (QED) is 0.682. The molecule has 30 heavy (non-hydrogen) atoms. The van der Waals surface area contributed by atoms with Crippen molar-refractivity contribution in [3.63, 3.8) is 0 Å². The first-order chi connectivity index (χ1) is 14.0. The van der Waals surface area contributed by atoms with Crippen LogP contribution in [0.3, 0.4) is 0 Å². The summed E-state index contributed by atoms with van der Waals surface area (Å²) in [7, 11) is 1.71. The topological polar surface area (TPSA) is 111 Å². The van der Waals surface area contributed by atoms with Gasteiger partial charge in [0.1, 0.15) is 11.4 Å². The molecule has 2 heterocycles. The summed E-state index contributed by atoms with van der Waals surface area (Å²) in [5.41, 5.74) is 5.06. The predicted molar refractivity (Wildman–Crippen MR) is 104 cm³/mol. The highest BCUT2D eigenvalue weighted by atomic mass is 19.4. The Hall–Kier alpha value is -2.85. The smallest absolute Gasteiger partial charge is 0.369 e. The third-order valence-electron chi connectivity index (χ3n) is 6.68. The van der Waals surface area contributed by atoms with Crippen molar-refractivity contribution in [2.45, 2.75) is 38.9 Å². The van der Waals surface area contributed by atoms with Gasteiger partial charge in [0.2, 0.25) is 11.9 Å². The van der Waals surface area contributed by atoms with Crippen molar-refractivity contribution in [2.24, 2.45) is 36.0 Å². The van der Waals surface area contributed by atoms with Gasteiger partial charge in [0.05, 0.1) is 17.8 Å². The minimum absolute atomic E-state index is 0.00400. The molecule has 8 nitrogen and oxygen atoms in total. The molecule has 3 saturated carbocycles. The van der Waals surface area contributed by atoms with Gasteiger partial charge in [0, 0.05) is 25.5 Å². The van der Waals surface area contributed by atoms with Gasteiger partial charge < -0.3 is 16.4 Å². The number of primary amides is 1. The maximum atomic E-state index is 13.6. The van der Waals surface area contributed by atoms with E-state index < -0.39 is 29.6 Å². The number of aromatic nitrogens is 4. The lowest BCUT2D eigenvalue weighted by molar-refractivity contribution is -0.139. The second kappa shape index (κ2) is 6.85. The van der Waals surface area contributed by atoms with E-state index in [1.807, 2.05) is 0 Å². The van der Waals surface area contributed by atoms with E-state index in [0.717, 1.165) is 12.6 Å². The zero-order chi connectivity index (χ0) is 21.8. The number of alkyl halides is 3. The highest BCUT2D eigenvalue weighted by Gasteiger charge is 2.59. The molecule has 0 saturated heterocycles. The number of nitrogens with zero attached hydrogens (tertiary/aromatic N) is 4. The van der Waals surface area contributed by atoms with Crippen molar-refractivity contribution in [3.05, 3.63) is 24.2 Å². The molecule has 4 atom stereocenters. The molecule has 0 spiro atoms. The Kier molecular flexibility index (Phi) is 4.66. The first-order valence-corrected chi connectivity index (χ1v) is 9.72. The summed E-state index contributed by atoms with van der Waals surface area (Å²) in [6, 6.07) is -0.523. The number of carbonyl (C=O) groups excluding carboxylic acids is 1. The van der Waals surface area contributed by atoms with Crippen LogP contribution in [0.4, 0.5) is 30.6 Å². The van der Waals surface area contributed by atoms with Gasteiger partial charge in [-0.2, -0.15) is 23.3 Å². The Morgan fingerprint density at radius 3 is 2.60 bits per heavy atom. The summed E-state index contributed by atoms with van der Waals surface area (Å²) >= 11 is 0. The number of halogens is 3. The molecule has 3 fully saturated rings. The first kappa shape index (κ1) is 20.4. The van der Waals surface area contributed by atoms with Crippen LogP contribution in [0.25, 0.3) is 0 Å². The molecular weight excluding hydrogens is 399 g/mol. The minimum atomic E-state index is -4.65. The van der Waals surface area contributed by atoms with Gasteiger partial charge >= 0.3 is 6.18 Å². The molecule has 5 rings (SSSR count). The van der Waals surface area contributed by atoms with Crippen molar-refractivity contribution in [1.29, 1.82) is 0 Å². The molecule has 3 aliphatic rings. The summed E-state index contributed by atoms with van der Waals surface area (Å²) in [6.45, 7) is 4.16. The van der Waals surface area contributed by atoms with E-state index in [1.165, 1.54) is 6.20 Å². The van der Waals surface area contributed by atoms with Gasteiger partial charge in [0.25, 0.3) is 0 Å². The van der Waals surface area contributed by atoms with Crippen LogP contribution in [0.15, 0.2) is 18.6 Å². The van der Waals surface area contributed by atoms with E-state index in [9.17, 15) is 18.0 Å². The fourth-order valence-electron chi connectivity index (χ4n) is 4.83. The zero-order valence-electron chi connectivity index (χ0n) is 16.9. The Bertz CT molecular complexity index is 971. The van der Waals surface area contributed by atoms with Crippen LogP contribution in [0, 0.1) is 23.2 Å². The van der Waals surface area contributed by atoms with Crippen molar-refractivity contribution in [3.8, 4) is 0 Å². The molecule has 2 aromatic rings. The lowest BCUT2D eigenvalue weighted by atomic mass is 9.45. The van der Waals surface area contributed by atoms with Crippen LogP contribution in [0.5, 0.6) is 0 Å². The van der Waals surface area contributed by atoms with Gasteiger partial charge in [-0.25, -0.2) is 4.98 Å². The van der Waals surface area contributed by atoms with E-state index in [-0.39, 0.29) is 23.1 Å². The number of rotatable bonds is 5. The number of hydrogen-bond acceptors (Lipinski definition) is 6. The molecule has 162 valence electrons. The van der Waals surface area contributed by atoms with E-state index in [0.29, 0.717) is 18.0 Å². The van der Waals surface area contributed by atoms with Crippen LogP contribution in [-0.2, 0) is 18.0 Å². The second-order valence-electron chi connectivity index (χ2n) is 8.76. The molecule has 2 aromatic heterocycles. The molecule has 11 heteroatoms. The van der Waals surface area contributed by atoms with Crippen molar-refractivity contribution in [1.82, 2.24) is 19.7 Å². The number of amides is 1. The van der Waals surface area contributed by atoms with Crippen LogP contribution in [0.2, 0.25) is 0 Å². The molecule has 3 aliphatic carbocycles. The molecule has 0 radical (unpaired) electrons. The van der Waals surface area contributed by atoms with E-state index in [1.54, 1.807) is 17.9 Å². The maximum absolute atomic E-state index is 13.6. The molecule has 0 unspecified atom stereocenters. The van der Waals surface area contributed by atoms with Crippen LogP contribution >= 0.6 is 0 Å². The SMILES string of the molecule is Cn1cc(Nc2ncc(C(F)(F)F)c(N[C@H]3[C@@H](C(N)=O)C[C@H]4C[C@@H]3C4(C)C)n2)cn1. The van der Waals surface area contributed by atoms with Crippen LogP contribution in [-0.4, -0.2) is 31.7 Å². The largest absolute Gasteiger partial charge is 0.421 e. The highest BCUT2D eigenvalue weighted by molar-refractivity contribution is 5.78. The molecule has 0 aliphatic heterocycles. The highest BCUT2D eigenvalue weighted by Crippen LogP contribution is 2.61. The second-order valence-corrected chi connectivity index (χ2v) is 8.76. The maximum Gasteiger partial charge on any atom is 0.421 e. The summed E-state index contributed by atoms with van der Waals surface area (Å²) in [6.07, 6.45) is 0.658. The number of anilines is 3. The number of nitrogens with two attached hydrogens (primary N) is 1. The normalized spacial score (nSPS) is 27.3. The third kappa shape index (κ3) is 3.46. The Morgan fingerprint density at radius 2 is 2.03 bits per heavy atom.